The first-order valence-electron chi connectivity index (χ1n) is 6.21. The molecule has 1 aliphatic rings. The zero-order valence-electron chi connectivity index (χ0n) is 10.4. The van der Waals surface area contributed by atoms with Crippen LogP contribution in [-0.4, -0.2) is 13.1 Å². The highest BCUT2D eigenvalue weighted by Gasteiger charge is 2.25. The van der Waals surface area contributed by atoms with E-state index in [4.69, 9.17) is 11.6 Å². The van der Waals surface area contributed by atoms with Gasteiger partial charge in [-0.25, -0.2) is 0 Å². The quantitative estimate of drug-likeness (QED) is 0.732. The minimum Gasteiger partial charge on any atom is -0.371 e. The van der Waals surface area contributed by atoms with Crippen LogP contribution in [-0.2, 0) is 5.88 Å². The lowest BCUT2D eigenvalue weighted by Gasteiger charge is -2.20. The van der Waals surface area contributed by atoms with Gasteiger partial charge in [0, 0.05) is 29.1 Å². The molecule has 1 heterocycles. The van der Waals surface area contributed by atoms with E-state index < -0.39 is 0 Å². The van der Waals surface area contributed by atoms with E-state index in [-0.39, 0.29) is 0 Å². The third kappa shape index (κ3) is 2.97. The van der Waals surface area contributed by atoms with E-state index in [2.05, 4.69) is 52.9 Å². The lowest BCUT2D eigenvalue weighted by atomic mass is 9.95. The summed E-state index contributed by atoms with van der Waals surface area (Å²) < 4.78 is 1.12. The van der Waals surface area contributed by atoms with Crippen molar-refractivity contribution in [1.29, 1.82) is 0 Å². The minimum absolute atomic E-state index is 0.565. The van der Waals surface area contributed by atoms with Crippen molar-refractivity contribution in [2.45, 2.75) is 26.1 Å². The fraction of sp³-hybridized carbons (Fsp3) is 0.571. The van der Waals surface area contributed by atoms with Crippen LogP contribution < -0.4 is 4.90 Å². The second-order valence-electron chi connectivity index (χ2n) is 5.15. The molecule has 1 unspecified atom stereocenters. The van der Waals surface area contributed by atoms with Crippen molar-refractivity contribution in [2.24, 2.45) is 11.8 Å². The lowest BCUT2D eigenvalue weighted by Crippen LogP contribution is -2.21. The Bertz CT molecular complexity index is 392. The average Bonchev–Trinajstić information content (AvgIpc) is 2.78. The second kappa shape index (κ2) is 5.62. The van der Waals surface area contributed by atoms with Gasteiger partial charge in [-0.2, -0.15) is 0 Å². The van der Waals surface area contributed by atoms with E-state index in [0.29, 0.717) is 5.88 Å². The van der Waals surface area contributed by atoms with Gasteiger partial charge < -0.3 is 4.90 Å². The molecule has 0 spiro atoms. The van der Waals surface area contributed by atoms with E-state index in [0.717, 1.165) is 21.9 Å². The maximum absolute atomic E-state index is 5.87. The molecule has 1 saturated heterocycles. The number of benzene rings is 1. The molecule has 0 aromatic heterocycles. The predicted octanol–water partition coefficient (Wildman–Crippen LogP) is 4.67. The van der Waals surface area contributed by atoms with Crippen molar-refractivity contribution < 1.29 is 0 Å². The molecule has 1 aromatic rings. The number of rotatable bonds is 3. The summed E-state index contributed by atoms with van der Waals surface area (Å²) in [6.07, 6.45) is 1.31. The maximum Gasteiger partial charge on any atom is 0.0485 e. The van der Waals surface area contributed by atoms with Crippen LogP contribution in [0.4, 0.5) is 5.69 Å². The molecule has 0 bridgehead atoms. The van der Waals surface area contributed by atoms with E-state index in [9.17, 15) is 0 Å². The fourth-order valence-corrected chi connectivity index (χ4v) is 3.31. The zero-order chi connectivity index (χ0) is 12.4. The summed E-state index contributed by atoms with van der Waals surface area (Å²) in [4.78, 5) is 2.48. The molecule has 3 heteroatoms. The number of anilines is 1. The van der Waals surface area contributed by atoms with Gasteiger partial charge in [-0.1, -0.05) is 35.8 Å². The Hall–Kier alpha value is -0.210. The molecule has 0 radical (unpaired) electrons. The van der Waals surface area contributed by atoms with Crippen molar-refractivity contribution in [3.8, 4) is 0 Å². The Labute approximate surface area is 117 Å². The molecule has 17 heavy (non-hydrogen) atoms. The number of halogens is 2. The fourth-order valence-electron chi connectivity index (χ4n) is 2.41. The van der Waals surface area contributed by atoms with Crippen LogP contribution in [0.1, 0.15) is 25.8 Å². The minimum atomic E-state index is 0.565. The summed E-state index contributed by atoms with van der Waals surface area (Å²) in [6.45, 7) is 7.00. The van der Waals surface area contributed by atoms with Gasteiger partial charge in [0.2, 0.25) is 0 Å². The Morgan fingerprint density at radius 3 is 2.76 bits per heavy atom. The van der Waals surface area contributed by atoms with E-state index >= 15 is 0 Å². The van der Waals surface area contributed by atoms with Gasteiger partial charge in [-0.05, 0) is 36.0 Å². The first kappa shape index (κ1) is 13.2. The monoisotopic (exact) mass is 315 g/mol. The maximum atomic E-state index is 5.87. The van der Waals surface area contributed by atoms with Crippen LogP contribution in [0, 0.1) is 11.8 Å². The Morgan fingerprint density at radius 2 is 2.24 bits per heavy atom. The summed E-state index contributed by atoms with van der Waals surface area (Å²) in [5, 5.41) is 0. The van der Waals surface area contributed by atoms with Crippen LogP contribution in [0.25, 0.3) is 0 Å². The number of nitrogens with zero attached hydrogens (tertiary/aromatic N) is 1. The molecule has 0 aliphatic carbocycles. The van der Waals surface area contributed by atoms with Crippen LogP contribution in [0.2, 0.25) is 0 Å². The highest BCUT2D eigenvalue weighted by Crippen LogP contribution is 2.31. The summed E-state index contributed by atoms with van der Waals surface area (Å²) in [5.74, 6) is 2.18. The number of alkyl halides is 1. The molecule has 0 saturated carbocycles. The van der Waals surface area contributed by atoms with Crippen LogP contribution in [0.15, 0.2) is 22.7 Å². The average molecular weight is 317 g/mol. The largest absolute Gasteiger partial charge is 0.371 e. The normalized spacial score (nSPS) is 20.3. The standard InChI is InChI=1S/C14H19BrClN/c1-10(2)12-5-6-17(9-12)13-4-3-11(8-16)14(15)7-13/h3-4,7,10,12H,5-6,8-9H2,1-2H3. The topological polar surface area (TPSA) is 3.24 Å². The van der Waals surface area contributed by atoms with E-state index in [1.54, 1.807) is 0 Å². The van der Waals surface area contributed by atoms with Gasteiger partial charge in [-0.15, -0.1) is 11.6 Å². The molecule has 0 N–H and O–H groups in total. The van der Waals surface area contributed by atoms with Gasteiger partial charge in [0.05, 0.1) is 0 Å². The van der Waals surface area contributed by atoms with Crippen LogP contribution in [0.3, 0.4) is 0 Å². The smallest absolute Gasteiger partial charge is 0.0485 e. The van der Waals surface area contributed by atoms with Crippen molar-refractivity contribution in [3.63, 3.8) is 0 Å². The Balaban J connectivity index is 2.11. The first-order chi connectivity index (χ1) is 8.11. The SMILES string of the molecule is CC(C)C1CCN(c2ccc(CCl)c(Br)c2)C1. The summed E-state index contributed by atoms with van der Waals surface area (Å²) in [7, 11) is 0. The first-order valence-corrected chi connectivity index (χ1v) is 7.54. The zero-order valence-corrected chi connectivity index (χ0v) is 12.8. The summed E-state index contributed by atoms with van der Waals surface area (Å²) in [6, 6.07) is 6.50. The van der Waals surface area contributed by atoms with Crippen molar-refractivity contribution >= 4 is 33.2 Å². The molecule has 1 fully saturated rings. The van der Waals surface area contributed by atoms with E-state index in [1.165, 1.54) is 25.2 Å². The second-order valence-corrected chi connectivity index (χ2v) is 6.27. The van der Waals surface area contributed by atoms with Gasteiger partial charge in [-0.3, -0.25) is 0 Å². The molecule has 1 aliphatic heterocycles. The Morgan fingerprint density at radius 1 is 1.47 bits per heavy atom. The molecular weight excluding hydrogens is 298 g/mol. The summed E-state index contributed by atoms with van der Waals surface area (Å²) in [5.41, 5.74) is 2.48. The van der Waals surface area contributed by atoms with Crippen LogP contribution in [0.5, 0.6) is 0 Å². The van der Waals surface area contributed by atoms with Crippen LogP contribution >= 0.6 is 27.5 Å². The molecule has 1 nitrogen and oxygen atoms in total. The Kier molecular flexibility index (Phi) is 4.37. The van der Waals surface area contributed by atoms with Crippen molar-refractivity contribution in [2.75, 3.05) is 18.0 Å². The third-order valence-electron chi connectivity index (χ3n) is 3.71. The molecule has 1 aromatic carbocycles. The van der Waals surface area contributed by atoms with Gasteiger partial charge in [0.15, 0.2) is 0 Å². The molecule has 94 valence electrons. The highest BCUT2D eigenvalue weighted by molar-refractivity contribution is 9.10. The van der Waals surface area contributed by atoms with Gasteiger partial charge in [0.1, 0.15) is 0 Å². The van der Waals surface area contributed by atoms with Crippen molar-refractivity contribution in [1.82, 2.24) is 0 Å². The molecular formula is C14H19BrClN. The molecule has 1 atom stereocenters. The van der Waals surface area contributed by atoms with Gasteiger partial charge in [0.25, 0.3) is 0 Å². The number of hydrogen-bond donors (Lipinski definition) is 0. The third-order valence-corrected chi connectivity index (χ3v) is 4.74. The highest BCUT2D eigenvalue weighted by atomic mass is 79.9. The lowest BCUT2D eigenvalue weighted by molar-refractivity contribution is 0.423. The number of hydrogen-bond acceptors (Lipinski definition) is 1. The predicted molar refractivity (Wildman–Crippen MR) is 78.9 cm³/mol. The molecule has 0 amide bonds. The van der Waals surface area contributed by atoms with E-state index in [1.807, 2.05) is 0 Å². The molecule has 2 rings (SSSR count). The van der Waals surface area contributed by atoms with Crippen molar-refractivity contribution in [3.05, 3.63) is 28.2 Å². The van der Waals surface area contributed by atoms with Gasteiger partial charge >= 0.3 is 0 Å². The summed E-state index contributed by atoms with van der Waals surface area (Å²) >= 11 is 9.45.